The number of rotatable bonds is 4. The van der Waals surface area contributed by atoms with E-state index in [4.69, 9.17) is 11.6 Å². The molecule has 0 saturated carbocycles. The Morgan fingerprint density at radius 2 is 2.19 bits per heavy atom. The Morgan fingerprint density at radius 3 is 2.81 bits per heavy atom. The van der Waals surface area contributed by atoms with Gasteiger partial charge in [-0.2, -0.15) is 0 Å². The zero-order chi connectivity index (χ0) is 15.6. The number of nitrogens with one attached hydrogen (secondary N) is 1. The van der Waals surface area contributed by atoms with Gasteiger partial charge in [-0.1, -0.05) is 12.1 Å². The van der Waals surface area contributed by atoms with Crippen LogP contribution < -0.4 is 5.32 Å². The zero-order valence-electron chi connectivity index (χ0n) is 12.9. The molecule has 2 rings (SSSR count). The second-order valence-corrected chi connectivity index (χ2v) is 5.96. The quantitative estimate of drug-likeness (QED) is 0.883. The summed E-state index contributed by atoms with van der Waals surface area (Å²) in [6, 6.07) is 5.98. The fourth-order valence-corrected chi connectivity index (χ4v) is 2.44. The zero-order valence-corrected chi connectivity index (χ0v) is 13.6. The van der Waals surface area contributed by atoms with Crippen LogP contribution in [0.5, 0.6) is 0 Å². The molecule has 0 bridgehead atoms. The molecule has 5 nitrogen and oxygen atoms in total. The second-order valence-electron chi connectivity index (χ2n) is 5.31. The fraction of sp³-hybridized carbons (Fsp3) is 0.467. The van der Waals surface area contributed by atoms with Crippen LogP contribution in [0.15, 0.2) is 18.2 Å². The fourth-order valence-electron chi connectivity index (χ4n) is 2.28. The van der Waals surface area contributed by atoms with E-state index in [1.165, 1.54) is 4.90 Å². The van der Waals surface area contributed by atoms with Gasteiger partial charge in [0.05, 0.1) is 16.4 Å². The average molecular weight is 309 g/mol. The minimum absolute atomic E-state index is 0.101. The highest BCUT2D eigenvalue weighted by Gasteiger charge is 2.16. The highest BCUT2D eigenvalue weighted by Crippen LogP contribution is 2.26. The van der Waals surface area contributed by atoms with Gasteiger partial charge in [0.1, 0.15) is 5.82 Å². The molecule has 1 aromatic carbocycles. The first kappa shape index (κ1) is 15.6. The average Bonchev–Trinajstić information content (AvgIpc) is 2.79. The molecule has 21 heavy (non-hydrogen) atoms. The molecule has 0 aliphatic rings. The van der Waals surface area contributed by atoms with Gasteiger partial charge < -0.3 is 14.8 Å². The van der Waals surface area contributed by atoms with E-state index >= 15 is 0 Å². The Labute approximate surface area is 129 Å². The summed E-state index contributed by atoms with van der Waals surface area (Å²) >= 11 is 6.25. The summed E-state index contributed by atoms with van der Waals surface area (Å²) in [7, 11) is 3.44. The van der Waals surface area contributed by atoms with Crippen molar-refractivity contribution in [1.29, 1.82) is 0 Å². The highest BCUT2D eigenvalue weighted by molar-refractivity contribution is 6.20. The number of imidazole rings is 1. The Kier molecular flexibility index (Phi) is 4.73. The molecule has 114 valence electrons. The molecule has 1 aromatic heterocycles. The van der Waals surface area contributed by atoms with E-state index in [-0.39, 0.29) is 11.4 Å². The molecule has 6 heteroatoms. The van der Waals surface area contributed by atoms with Crippen LogP contribution in [0.25, 0.3) is 11.0 Å². The molecule has 1 unspecified atom stereocenters. The van der Waals surface area contributed by atoms with E-state index in [1.54, 1.807) is 14.1 Å². The largest absolute Gasteiger partial charge is 0.336 e. The Bertz CT molecular complexity index is 648. The van der Waals surface area contributed by atoms with Crippen molar-refractivity contribution >= 4 is 28.7 Å². The lowest BCUT2D eigenvalue weighted by atomic mass is 10.2. The number of aryl methyl sites for hydroxylation is 1. The van der Waals surface area contributed by atoms with Gasteiger partial charge in [0.15, 0.2) is 0 Å². The number of carbonyl (C=O) groups is 1. The number of amides is 2. The van der Waals surface area contributed by atoms with Crippen LogP contribution in [0.3, 0.4) is 0 Å². The standard InChI is InChI=1S/C15H21ClN4O/c1-10-6-5-7-12-13(10)18-14(11(2)16)20(12)9-8-17-15(21)19(3)4/h5-7,11H,8-9H2,1-4H3,(H,17,21). The van der Waals surface area contributed by atoms with E-state index < -0.39 is 0 Å². The lowest BCUT2D eigenvalue weighted by Crippen LogP contribution is -2.36. The maximum Gasteiger partial charge on any atom is 0.316 e. The van der Waals surface area contributed by atoms with E-state index in [1.807, 2.05) is 32.0 Å². The van der Waals surface area contributed by atoms with Crippen LogP contribution in [-0.4, -0.2) is 41.1 Å². The number of nitrogens with zero attached hydrogens (tertiary/aromatic N) is 3. The Hall–Kier alpha value is -1.75. The van der Waals surface area contributed by atoms with Crippen molar-refractivity contribution in [3.05, 3.63) is 29.6 Å². The van der Waals surface area contributed by atoms with Crippen molar-refractivity contribution in [2.45, 2.75) is 25.8 Å². The third-order valence-corrected chi connectivity index (χ3v) is 3.58. The van der Waals surface area contributed by atoms with Gasteiger partial charge in [0, 0.05) is 27.2 Å². The first-order valence-electron chi connectivity index (χ1n) is 6.96. The topological polar surface area (TPSA) is 50.2 Å². The van der Waals surface area contributed by atoms with Gasteiger partial charge in [0.2, 0.25) is 0 Å². The highest BCUT2D eigenvalue weighted by atomic mass is 35.5. The number of hydrogen-bond acceptors (Lipinski definition) is 2. The second kappa shape index (κ2) is 6.35. The maximum atomic E-state index is 11.6. The van der Waals surface area contributed by atoms with Crippen LogP contribution in [0.2, 0.25) is 0 Å². The third-order valence-electron chi connectivity index (χ3n) is 3.38. The molecule has 0 aliphatic carbocycles. The van der Waals surface area contributed by atoms with Crippen molar-refractivity contribution in [2.75, 3.05) is 20.6 Å². The summed E-state index contributed by atoms with van der Waals surface area (Å²) in [5.74, 6) is 0.833. The molecule has 0 aliphatic heterocycles. The minimum atomic E-state index is -0.179. The third kappa shape index (κ3) is 3.29. The van der Waals surface area contributed by atoms with Crippen LogP contribution in [0, 0.1) is 6.92 Å². The van der Waals surface area contributed by atoms with Crippen LogP contribution >= 0.6 is 11.6 Å². The van der Waals surface area contributed by atoms with E-state index in [0.29, 0.717) is 13.1 Å². The SMILES string of the molecule is Cc1cccc2c1nc(C(C)Cl)n2CCNC(=O)N(C)C. The summed E-state index contributed by atoms with van der Waals surface area (Å²) in [4.78, 5) is 17.7. The summed E-state index contributed by atoms with van der Waals surface area (Å²) in [5.41, 5.74) is 3.15. The number of benzene rings is 1. The molecule has 2 aromatic rings. The van der Waals surface area contributed by atoms with E-state index in [2.05, 4.69) is 14.9 Å². The predicted molar refractivity (Wildman–Crippen MR) is 85.8 cm³/mol. The molecule has 0 fully saturated rings. The molecule has 1 atom stereocenters. The van der Waals surface area contributed by atoms with Crippen molar-refractivity contribution in [1.82, 2.24) is 19.8 Å². The maximum absolute atomic E-state index is 11.6. The number of fused-ring (bicyclic) bond motifs is 1. The van der Waals surface area contributed by atoms with Gasteiger partial charge in [-0.15, -0.1) is 11.6 Å². The van der Waals surface area contributed by atoms with Crippen LogP contribution in [0.4, 0.5) is 4.79 Å². The lowest BCUT2D eigenvalue weighted by molar-refractivity contribution is 0.217. The molecular weight excluding hydrogens is 288 g/mol. The first-order chi connectivity index (χ1) is 9.91. The number of halogens is 1. The van der Waals surface area contributed by atoms with Crippen molar-refractivity contribution in [2.24, 2.45) is 0 Å². The minimum Gasteiger partial charge on any atom is -0.336 e. The molecule has 1 heterocycles. The monoisotopic (exact) mass is 308 g/mol. The van der Waals surface area contributed by atoms with Gasteiger partial charge >= 0.3 is 6.03 Å². The van der Waals surface area contributed by atoms with Crippen molar-refractivity contribution in [3.8, 4) is 0 Å². The molecule has 2 amide bonds. The number of hydrogen-bond donors (Lipinski definition) is 1. The van der Waals surface area contributed by atoms with Crippen LogP contribution in [-0.2, 0) is 6.54 Å². The molecule has 1 N–H and O–H groups in total. The molecular formula is C15H21ClN4O. The summed E-state index contributed by atoms with van der Waals surface area (Å²) in [6.45, 7) is 5.13. The summed E-state index contributed by atoms with van der Waals surface area (Å²) in [5, 5.41) is 2.68. The van der Waals surface area contributed by atoms with E-state index in [0.717, 1.165) is 22.4 Å². The van der Waals surface area contributed by atoms with Crippen LogP contribution in [0.1, 0.15) is 23.7 Å². The predicted octanol–water partition coefficient (Wildman–Crippen LogP) is 2.92. The van der Waals surface area contributed by atoms with Gasteiger partial charge in [-0.05, 0) is 25.5 Å². The summed E-state index contributed by atoms with van der Waals surface area (Å²) < 4.78 is 2.08. The number of alkyl halides is 1. The normalized spacial score (nSPS) is 12.4. The number of para-hydroxylation sites is 1. The van der Waals surface area contributed by atoms with Gasteiger partial charge in [-0.3, -0.25) is 0 Å². The first-order valence-corrected chi connectivity index (χ1v) is 7.40. The number of aromatic nitrogens is 2. The number of urea groups is 1. The Balaban J connectivity index is 2.27. The van der Waals surface area contributed by atoms with Crippen molar-refractivity contribution in [3.63, 3.8) is 0 Å². The molecule has 0 spiro atoms. The Morgan fingerprint density at radius 1 is 1.48 bits per heavy atom. The van der Waals surface area contributed by atoms with Gasteiger partial charge in [-0.25, -0.2) is 9.78 Å². The van der Waals surface area contributed by atoms with Crippen molar-refractivity contribution < 1.29 is 4.79 Å². The van der Waals surface area contributed by atoms with Gasteiger partial charge in [0.25, 0.3) is 0 Å². The molecule has 0 radical (unpaired) electrons. The lowest BCUT2D eigenvalue weighted by Gasteiger charge is -2.14. The smallest absolute Gasteiger partial charge is 0.316 e. The molecule has 0 saturated heterocycles. The van der Waals surface area contributed by atoms with E-state index in [9.17, 15) is 4.79 Å². The summed E-state index contributed by atoms with van der Waals surface area (Å²) in [6.07, 6.45) is 0. The number of carbonyl (C=O) groups excluding carboxylic acids is 1.